The predicted molar refractivity (Wildman–Crippen MR) is 54.5 cm³/mol. The van der Waals surface area contributed by atoms with Gasteiger partial charge in [-0.3, -0.25) is 0 Å². The average molecular weight is 168 g/mol. The Balaban J connectivity index is 2.61. The van der Waals surface area contributed by atoms with Crippen molar-refractivity contribution in [1.82, 2.24) is 0 Å². The SMILES string of the molecule is C[Si](C)(C)C1=CCCCCC1. The van der Waals surface area contributed by atoms with E-state index in [0.717, 1.165) is 0 Å². The highest BCUT2D eigenvalue weighted by Gasteiger charge is 2.19. The molecule has 0 saturated carbocycles. The van der Waals surface area contributed by atoms with Crippen molar-refractivity contribution in [3.05, 3.63) is 11.3 Å². The third kappa shape index (κ3) is 2.82. The zero-order valence-corrected chi connectivity index (χ0v) is 9.11. The molecule has 0 amide bonds. The minimum absolute atomic E-state index is 0.927. The van der Waals surface area contributed by atoms with Crippen LogP contribution in [0.15, 0.2) is 11.3 Å². The summed E-state index contributed by atoms with van der Waals surface area (Å²) in [5.74, 6) is 0. The van der Waals surface area contributed by atoms with Gasteiger partial charge in [0, 0.05) is 0 Å². The number of hydrogen-bond acceptors (Lipinski definition) is 0. The molecule has 0 aliphatic heterocycles. The molecule has 0 radical (unpaired) electrons. The summed E-state index contributed by atoms with van der Waals surface area (Å²) in [6.07, 6.45) is 9.59. The fraction of sp³-hybridized carbons (Fsp3) is 0.800. The number of rotatable bonds is 1. The Morgan fingerprint density at radius 2 is 1.82 bits per heavy atom. The zero-order chi connectivity index (χ0) is 8.32. The van der Waals surface area contributed by atoms with Gasteiger partial charge in [-0.2, -0.15) is 0 Å². The van der Waals surface area contributed by atoms with E-state index in [1.165, 1.54) is 32.1 Å². The van der Waals surface area contributed by atoms with Crippen molar-refractivity contribution in [2.45, 2.75) is 51.7 Å². The molecular weight excluding hydrogens is 148 g/mol. The lowest BCUT2D eigenvalue weighted by atomic mass is 10.2. The van der Waals surface area contributed by atoms with Crippen molar-refractivity contribution < 1.29 is 0 Å². The van der Waals surface area contributed by atoms with Gasteiger partial charge in [-0.25, -0.2) is 0 Å². The fourth-order valence-corrected chi connectivity index (χ4v) is 3.38. The molecule has 0 bridgehead atoms. The molecule has 0 saturated heterocycles. The van der Waals surface area contributed by atoms with Gasteiger partial charge in [0.1, 0.15) is 0 Å². The topological polar surface area (TPSA) is 0 Å². The van der Waals surface area contributed by atoms with Crippen LogP contribution in [0, 0.1) is 0 Å². The Morgan fingerprint density at radius 1 is 1.09 bits per heavy atom. The maximum absolute atomic E-state index is 2.53. The second-order valence-corrected chi connectivity index (χ2v) is 9.72. The van der Waals surface area contributed by atoms with Crippen LogP contribution in [0.3, 0.4) is 0 Å². The standard InChI is InChI=1S/C10H20Si/c1-11(2,3)10-8-6-4-5-7-9-10/h8H,4-7,9H2,1-3H3. The molecule has 0 atom stereocenters. The van der Waals surface area contributed by atoms with E-state index in [0.29, 0.717) is 0 Å². The Bertz CT molecular complexity index is 151. The van der Waals surface area contributed by atoms with E-state index in [2.05, 4.69) is 25.7 Å². The summed E-state index contributed by atoms with van der Waals surface area (Å²) in [5, 5.41) is 1.81. The van der Waals surface area contributed by atoms with Crippen LogP contribution in [0.5, 0.6) is 0 Å². The summed E-state index contributed by atoms with van der Waals surface area (Å²) < 4.78 is 0. The molecule has 1 aliphatic rings. The van der Waals surface area contributed by atoms with Crippen molar-refractivity contribution in [1.29, 1.82) is 0 Å². The summed E-state index contributed by atoms with van der Waals surface area (Å²) in [6, 6.07) is 0. The molecule has 0 unspecified atom stereocenters. The van der Waals surface area contributed by atoms with E-state index in [9.17, 15) is 0 Å². The zero-order valence-electron chi connectivity index (χ0n) is 8.11. The van der Waals surface area contributed by atoms with Gasteiger partial charge in [0.05, 0.1) is 8.07 Å². The van der Waals surface area contributed by atoms with E-state index in [1.54, 1.807) is 0 Å². The van der Waals surface area contributed by atoms with E-state index in [1.807, 2.05) is 5.20 Å². The van der Waals surface area contributed by atoms with E-state index in [4.69, 9.17) is 0 Å². The lowest BCUT2D eigenvalue weighted by Crippen LogP contribution is -2.23. The first-order valence-corrected chi connectivity index (χ1v) is 8.30. The van der Waals surface area contributed by atoms with Crippen LogP contribution in [0.4, 0.5) is 0 Å². The summed E-state index contributed by atoms with van der Waals surface area (Å²) in [6.45, 7) is 7.39. The van der Waals surface area contributed by atoms with Crippen LogP contribution in [0.1, 0.15) is 32.1 Å². The van der Waals surface area contributed by atoms with Crippen molar-refractivity contribution in [2.75, 3.05) is 0 Å². The third-order valence-electron chi connectivity index (χ3n) is 2.50. The Morgan fingerprint density at radius 3 is 2.45 bits per heavy atom. The van der Waals surface area contributed by atoms with Crippen LogP contribution in [0.2, 0.25) is 19.6 Å². The lowest BCUT2D eigenvalue weighted by molar-refractivity contribution is 0.715. The third-order valence-corrected chi connectivity index (χ3v) is 4.89. The smallest absolute Gasteiger partial charge is 0.0720 e. The molecule has 11 heavy (non-hydrogen) atoms. The molecule has 0 aromatic heterocycles. The van der Waals surface area contributed by atoms with E-state index < -0.39 is 8.07 Å². The number of hydrogen-bond donors (Lipinski definition) is 0. The lowest BCUT2D eigenvalue weighted by Gasteiger charge is -2.19. The highest BCUT2D eigenvalue weighted by atomic mass is 28.3. The first-order chi connectivity index (χ1) is 5.11. The quantitative estimate of drug-likeness (QED) is 0.523. The molecule has 64 valence electrons. The van der Waals surface area contributed by atoms with Crippen molar-refractivity contribution >= 4 is 8.07 Å². The molecular formula is C10H20Si. The average Bonchev–Trinajstić information content (AvgIpc) is 2.10. The molecule has 0 heterocycles. The second-order valence-electron chi connectivity index (χ2n) is 4.58. The van der Waals surface area contributed by atoms with Gasteiger partial charge >= 0.3 is 0 Å². The molecule has 1 heteroatoms. The maximum Gasteiger partial charge on any atom is 0.0720 e. The van der Waals surface area contributed by atoms with Gasteiger partial charge in [-0.15, -0.1) is 0 Å². The molecule has 1 aliphatic carbocycles. The van der Waals surface area contributed by atoms with Crippen LogP contribution in [0.25, 0.3) is 0 Å². The highest BCUT2D eigenvalue weighted by molar-refractivity contribution is 6.83. The highest BCUT2D eigenvalue weighted by Crippen LogP contribution is 2.24. The monoisotopic (exact) mass is 168 g/mol. The summed E-state index contributed by atoms with van der Waals surface area (Å²) in [7, 11) is -0.927. The second kappa shape index (κ2) is 3.57. The molecule has 0 aromatic carbocycles. The Hall–Kier alpha value is -0.0431. The van der Waals surface area contributed by atoms with Crippen molar-refractivity contribution in [2.24, 2.45) is 0 Å². The van der Waals surface area contributed by atoms with Crippen LogP contribution >= 0.6 is 0 Å². The van der Waals surface area contributed by atoms with Gasteiger partial charge in [0.25, 0.3) is 0 Å². The molecule has 0 fully saturated rings. The summed E-state index contributed by atoms with van der Waals surface area (Å²) in [4.78, 5) is 0. The fourth-order valence-electron chi connectivity index (χ4n) is 1.70. The molecule has 0 spiro atoms. The van der Waals surface area contributed by atoms with E-state index in [-0.39, 0.29) is 0 Å². The van der Waals surface area contributed by atoms with Crippen LogP contribution < -0.4 is 0 Å². The van der Waals surface area contributed by atoms with Crippen LogP contribution in [-0.2, 0) is 0 Å². The first kappa shape index (κ1) is 9.05. The van der Waals surface area contributed by atoms with Gasteiger partial charge in [0.15, 0.2) is 0 Å². The largest absolute Gasteiger partial charge is 0.0892 e. The maximum atomic E-state index is 2.53. The molecule has 0 N–H and O–H groups in total. The predicted octanol–water partition coefficient (Wildman–Crippen LogP) is 3.75. The van der Waals surface area contributed by atoms with Crippen LogP contribution in [-0.4, -0.2) is 8.07 Å². The Kier molecular flexibility index (Phi) is 2.94. The van der Waals surface area contributed by atoms with Gasteiger partial charge < -0.3 is 0 Å². The first-order valence-electron chi connectivity index (χ1n) is 4.80. The summed E-state index contributed by atoms with van der Waals surface area (Å²) in [5.41, 5.74) is 0. The van der Waals surface area contributed by atoms with Gasteiger partial charge in [0.2, 0.25) is 0 Å². The number of allylic oxidation sites excluding steroid dienone is 2. The molecule has 0 nitrogen and oxygen atoms in total. The van der Waals surface area contributed by atoms with Gasteiger partial charge in [-0.05, 0) is 25.7 Å². The minimum Gasteiger partial charge on any atom is -0.0892 e. The Labute approximate surface area is 71.7 Å². The molecule has 1 rings (SSSR count). The van der Waals surface area contributed by atoms with Crippen molar-refractivity contribution in [3.8, 4) is 0 Å². The van der Waals surface area contributed by atoms with Gasteiger partial charge in [-0.1, -0.05) is 37.3 Å². The summed E-state index contributed by atoms with van der Waals surface area (Å²) >= 11 is 0. The molecule has 0 aromatic rings. The normalized spacial score (nSPS) is 20.8. The minimum atomic E-state index is -0.927. The van der Waals surface area contributed by atoms with Crippen molar-refractivity contribution in [3.63, 3.8) is 0 Å². The van der Waals surface area contributed by atoms with E-state index >= 15 is 0 Å².